The third kappa shape index (κ3) is 12.6. The summed E-state index contributed by atoms with van der Waals surface area (Å²) in [5.74, 6) is -1.40. The van der Waals surface area contributed by atoms with Crippen LogP contribution in [-0.4, -0.2) is 70.0 Å². The molecule has 0 aromatic heterocycles. The van der Waals surface area contributed by atoms with Gasteiger partial charge in [-0.2, -0.15) is 0 Å². The first-order chi connectivity index (χ1) is 16.1. The number of aliphatic carboxylic acids is 1. The average Bonchev–Trinajstić information content (AvgIpc) is 2.76. The summed E-state index contributed by atoms with van der Waals surface area (Å²) >= 11 is 0. The van der Waals surface area contributed by atoms with E-state index in [2.05, 4.69) is 0 Å². The number of carbonyl (C=O) groups is 2. The van der Waals surface area contributed by atoms with Crippen LogP contribution in [0.15, 0.2) is 23.8 Å². The highest BCUT2D eigenvalue weighted by Gasteiger charge is 2.37. The van der Waals surface area contributed by atoms with Crippen molar-refractivity contribution in [1.29, 1.82) is 0 Å². The number of hydrogen-bond donors (Lipinski definition) is 4. The molecule has 1 aliphatic rings. The summed E-state index contributed by atoms with van der Waals surface area (Å²) in [6.45, 7) is 6.05. The number of esters is 1. The first-order valence-corrected chi connectivity index (χ1v) is 12.5. The van der Waals surface area contributed by atoms with Crippen molar-refractivity contribution in [3.8, 4) is 0 Å². The summed E-state index contributed by atoms with van der Waals surface area (Å²) in [4.78, 5) is 22.5. The molecule has 8 nitrogen and oxygen atoms in total. The molecule has 4 N–H and O–H groups in total. The number of rotatable bonds is 16. The minimum atomic E-state index is -1.05. The molecule has 0 aromatic rings. The summed E-state index contributed by atoms with van der Waals surface area (Å²) in [7, 11) is 0. The molecule has 1 unspecified atom stereocenters. The van der Waals surface area contributed by atoms with Gasteiger partial charge in [-0.25, -0.2) is 4.79 Å². The first kappa shape index (κ1) is 30.3. The Kier molecular flexibility index (Phi) is 15.0. The van der Waals surface area contributed by atoms with Gasteiger partial charge in [0.1, 0.15) is 6.10 Å². The fraction of sp³-hybridized carbons (Fsp3) is 0.769. The summed E-state index contributed by atoms with van der Waals surface area (Å²) in [5.41, 5.74) is 0.712. The van der Waals surface area contributed by atoms with E-state index in [1.807, 2.05) is 19.1 Å². The molecule has 0 saturated carbocycles. The van der Waals surface area contributed by atoms with Crippen molar-refractivity contribution in [2.45, 2.75) is 103 Å². The molecule has 0 bridgehead atoms. The van der Waals surface area contributed by atoms with Gasteiger partial charge in [0, 0.05) is 18.4 Å². The van der Waals surface area contributed by atoms with Crippen molar-refractivity contribution in [3.05, 3.63) is 23.8 Å². The SMILES string of the molecule is CC(=CC(=O)OCCCCCCCCC(=O)O)CC1OC[C@H](CC=C[C@@H](C)[C@H](C)O)[C@@H](O)[C@H]1O. The van der Waals surface area contributed by atoms with Crippen LogP contribution in [0.4, 0.5) is 0 Å². The molecule has 6 atom stereocenters. The maximum absolute atomic E-state index is 12.0. The molecule has 1 fully saturated rings. The van der Waals surface area contributed by atoms with E-state index in [4.69, 9.17) is 14.6 Å². The largest absolute Gasteiger partial charge is 0.481 e. The van der Waals surface area contributed by atoms with Crippen molar-refractivity contribution in [2.24, 2.45) is 11.8 Å². The van der Waals surface area contributed by atoms with Gasteiger partial charge in [-0.1, -0.05) is 50.3 Å². The predicted octanol–water partition coefficient (Wildman–Crippen LogP) is 3.38. The highest BCUT2D eigenvalue weighted by molar-refractivity contribution is 5.82. The van der Waals surface area contributed by atoms with Crippen LogP contribution in [0.3, 0.4) is 0 Å². The molecule has 0 spiro atoms. The molecule has 196 valence electrons. The van der Waals surface area contributed by atoms with E-state index in [1.54, 1.807) is 13.8 Å². The molecule has 34 heavy (non-hydrogen) atoms. The van der Waals surface area contributed by atoms with E-state index < -0.39 is 36.4 Å². The Morgan fingerprint density at radius 3 is 2.35 bits per heavy atom. The normalized spacial score (nSPS) is 25.3. The third-order valence-electron chi connectivity index (χ3n) is 6.29. The second-order valence-corrected chi connectivity index (χ2v) is 9.50. The zero-order valence-electron chi connectivity index (χ0n) is 20.9. The van der Waals surface area contributed by atoms with Crippen molar-refractivity contribution in [3.63, 3.8) is 0 Å². The smallest absolute Gasteiger partial charge is 0.330 e. The van der Waals surface area contributed by atoms with E-state index in [0.717, 1.165) is 32.1 Å². The molecular weight excluding hydrogens is 440 g/mol. The van der Waals surface area contributed by atoms with Gasteiger partial charge in [-0.3, -0.25) is 4.79 Å². The fourth-order valence-corrected chi connectivity index (χ4v) is 3.84. The number of hydrogen-bond acceptors (Lipinski definition) is 7. The second-order valence-electron chi connectivity index (χ2n) is 9.50. The molecular formula is C26H44O8. The zero-order chi connectivity index (χ0) is 25.5. The molecule has 0 radical (unpaired) electrons. The molecule has 8 heteroatoms. The number of aliphatic hydroxyl groups excluding tert-OH is 3. The molecule has 0 aromatic carbocycles. The maximum atomic E-state index is 12.0. The van der Waals surface area contributed by atoms with Crippen LogP contribution in [0.1, 0.15) is 78.6 Å². The molecule has 1 saturated heterocycles. The first-order valence-electron chi connectivity index (χ1n) is 12.5. The van der Waals surface area contributed by atoms with Crippen molar-refractivity contribution >= 4 is 11.9 Å². The summed E-state index contributed by atoms with van der Waals surface area (Å²) in [5, 5.41) is 39.1. The minimum Gasteiger partial charge on any atom is -0.481 e. The van der Waals surface area contributed by atoms with Gasteiger partial charge in [0.25, 0.3) is 0 Å². The van der Waals surface area contributed by atoms with E-state index in [1.165, 1.54) is 6.08 Å². The molecule has 0 amide bonds. The monoisotopic (exact) mass is 484 g/mol. The van der Waals surface area contributed by atoms with Crippen LogP contribution in [0.5, 0.6) is 0 Å². The van der Waals surface area contributed by atoms with Crippen molar-refractivity contribution < 1.29 is 39.5 Å². The van der Waals surface area contributed by atoms with Crippen LogP contribution in [0.2, 0.25) is 0 Å². The second kappa shape index (κ2) is 16.8. The fourth-order valence-electron chi connectivity index (χ4n) is 3.84. The van der Waals surface area contributed by atoms with Crippen LogP contribution >= 0.6 is 0 Å². The zero-order valence-corrected chi connectivity index (χ0v) is 20.9. The Morgan fingerprint density at radius 1 is 1.06 bits per heavy atom. The highest BCUT2D eigenvalue weighted by atomic mass is 16.5. The third-order valence-corrected chi connectivity index (χ3v) is 6.29. The molecule has 1 rings (SSSR count). The van der Waals surface area contributed by atoms with Gasteiger partial charge in [0.15, 0.2) is 0 Å². The van der Waals surface area contributed by atoms with Gasteiger partial charge in [-0.15, -0.1) is 0 Å². The van der Waals surface area contributed by atoms with E-state index in [9.17, 15) is 24.9 Å². The van der Waals surface area contributed by atoms with Crippen LogP contribution in [0.25, 0.3) is 0 Å². The van der Waals surface area contributed by atoms with Crippen molar-refractivity contribution in [2.75, 3.05) is 13.2 Å². The van der Waals surface area contributed by atoms with Crippen LogP contribution in [-0.2, 0) is 19.1 Å². The lowest BCUT2D eigenvalue weighted by atomic mass is 9.87. The summed E-state index contributed by atoms with van der Waals surface area (Å²) in [6, 6.07) is 0. The molecule has 1 heterocycles. The standard InChI is InChI=1S/C26H44O8/c1-18(16-24(30)33-14-9-7-5-4-6-8-13-23(28)29)15-22-26(32)25(31)21(17-34-22)12-10-11-19(2)20(3)27/h10-11,16,19-22,25-27,31-32H,4-9,12-15,17H2,1-3H3,(H,28,29)/t19-,20+,21+,22?,25-,26+/m1/s1. The Morgan fingerprint density at radius 2 is 1.71 bits per heavy atom. The number of carboxylic acids is 1. The highest BCUT2D eigenvalue weighted by Crippen LogP contribution is 2.27. The van der Waals surface area contributed by atoms with Gasteiger partial charge in [0.05, 0.1) is 31.5 Å². The maximum Gasteiger partial charge on any atom is 0.330 e. The van der Waals surface area contributed by atoms with Crippen LogP contribution in [0, 0.1) is 11.8 Å². The topological polar surface area (TPSA) is 134 Å². The lowest BCUT2D eigenvalue weighted by Crippen LogP contribution is -2.50. The molecule has 0 aliphatic carbocycles. The van der Waals surface area contributed by atoms with E-state index in [-0.39, 0.29) is 18.3 Å². The molecule has 1 aliphatic heterocycles. The van der Waals surface area contributed by atoms with Gasteiger partial charge >= 0.3 is 11.9 Å². The minimum absolute atomic E-state index is 0.0160. The summed E-state index contributed by atoms with van der Waals surface area (Å²) in [6.07, 6.45) is 8.56. The van der Waals surface area contributed by atoms with Crippen molar-refractivity contribution in [1.82, 2.24) is 0 Å². The number of unbranched alkanes of at least 4 members (excludes halogenated alkanes) is 5. The van der Waals surface area contributed by atoms with Gasteiger partial charge < -0.3 is 29.9 Å². The summed E-state index contributed by atoms with van der Waals surface area (Å²) < 4.78 is 11.0. The lowest BCUT2D eigenvalue weighted by molar-refractivity contribution is -0.162. The Bertz CT molecular complexity index is 657. The van der Waals surface area contributed by atoms with Crippen LogP contribution < -0.4 is 0 Å². The number of allylic oxidation sites excluding steroid dienone is 1. The predicted molar refractivity (Wildman–Crippen MR) is 129 cm³/mol. The van der Waals surface area contributed by atoms with E-state index >= 15 is 0 Å². The van der Waals surface area contributed by atoms with E-state index in [0.29, 0.717) is 38.0 Å². The lowest BCUT2D eigenvalue weighted by Gasteiger charge is -2.37. The van der Waals surface area contributed by atoms with Gasteiger partial charge in [0.2, 0.25) is 0 Å². The number of carboxylic acid groups (broad SMARTS) is 1. The number of carbonyl (C=O) groups excluding carboxylic acids is 1. The Labute approximate surface area is 203 Å². The van der Waals surface area contributed by atoms with Gasteiger partial charge in [-0.05, 0) is 45.4 Å². The average molecular weight is 485 g/mol. The number of aliphatic hydroxyl groups is 3. The Balaban J connectivity index is 2.28. The quantitative estimate of drug-likeness (QED) is 0.113. The number of ether oxygens (including phenoxy) is 2. The Hall–Kier alpha value is -1.74.